The van der Waals surface area contributed by atoms with Gasteiger partial charge in [0.1, 0.15) is 12.1 Å². The molecule has 15 heteroatoms. The molecule has 4 N–H and O–H groups in total. The Hall–Kier alpha value is -5.64. The summed E-state index contributed by atoms with van der Waals surface area (Å²) in [5.41, 5.74) is 12.9. The number of para-hydroxylation sites is 2. The lowest BCUT2D eigenvalue weighted by Gasteiger charge is -2.29. The molecule has 7 rings (SSSR count). The Morgan fingerprint density at radius 2 is 1.53 bits per heavy atom. The zero-order chi connectivity index (χ0) is 45.2. The number of imide groups is 1. The Morgan fingerprint density at radius 1 is 0.844 bits per heavy atom. The van der Waals surface area contributed by atoms with Gasteiger partial charge in [0, 0.05) is 59.2 Å². The first kappa shape index (κ1) is 46.4. The molecule has 1 saturated heterocycles. The number of anilines is 1. The molecule has 3 aromatic carbocycles. The first-order valence-corrected chi connectivity index (χ1v) is 22.9. The third kappa shape index (κ3) is 11.2. The van der Waals surface area contributed by atoms with Gasteiger partial charge in [0.05, 0.1) is 35.5 Å². The van der Waals surface area contributed by atoms with E-state index in [1.165, 1.54) is 10.1 Å². The van der Waals surface area contributed by atoms with Crippen LogP contribution in [0.15, 0.2) is 65.5 Å². The number of carbonyl (C=O) groups is 5. The summed E-state index contributed by atoms with van der Waals surface area (Å²) in [5.74, 6) is -1.48. The smallest absolute Gasteiger partial charge is 0.329 e. The molecule has 15 nitrogen and oxygen atoms in total. The molecule has 1 aromatic heterocycles. The molecule has 0 radical (unpaired) electrons. The van der Waals surface area contributed by atoms with E-state index in [9.17, 15) is 28.8 Å². The van der Waals surface area contributed by atoms with Gasteiger partial charge in [-0.25, -0.2) is 4.79 Å². The van der Waals surface area contributed by atoms with Gasteiger partial charge < -0.3 is 25.3 Å². The van der Waals surface area contributed by atoms with Gasteiger partial charge in [0.2, 0.25) is 29.5 Å². The Kier molecular flexibility index (Phi) is 15.8. The second-order valence-corrected chi connectivity index (χ2v) is 17.3. The molecule has 4 heterocycles. The largest absolute Gasteiger partial charge is 0.381 e. The average molecular weight is 879 g/mol. The number of nitrogens with two attached hydrogens (primary N) is 1. The van der Waals surface area contributed by atoms with Crippen LogP contribution in [0.2, 0.25) is 0 Å². The lowest BCUT2D eigenvalue weighted by molar-refractivity contribution is -0.135. The molecule has 4 aromatic rings. The molecule has 1 unspecified atom stereocenters. The van der Waals surface area contributed by atoms with E-state index in [0.717, 1.165) is 84.8 Å². The third-order valence-corrected chi connectivity index (χ3v) is 12.7. The maximum Gasteiger partial charge on any atom is 0.329 e. The first-order valence-electron chi connectivity index (χ1n) is 22.9. The number of aromatic nitrogens is 2. The van der Waals surface area contributed by atoms with E-state index >= 15 is 0 Å². The predicted octanol–water partition coefficient (Wildman–Crippen LogP) is 4.65. The summed E-state index contributed by atoms with van der Waals surface area (Å²) in [4.78, 5) is 77.8. The van der Waals surface area contributed by atoms with Crippen molar-refractivity contribution in [2.75, 3.05) is 31.3 Å². The maximum atomic E-state index is 13.8. The second-order valence-electron chi connectivity index (χ2n) is 17.3. The lowest BCUT2D eigenvalue weighted by atomic mass is 10.0. The number of amides is 5. The Labute approximate surface area is 374 Å². The van der Waals surface area contributed by atoms with Crippen molar-refractivity contribution in [2.45, 2.75) is 128 Å². The van der Waals surface area contributed by atoms with Crippen molar-refractivity contribution in [1.29, 1.82) is 0 Å². The van der Waals surface area contributed by atoms with E-state index in [2.05, 4.69) is 22.8 Å². The van der Waals surface area contributed by atoms with Crippen LogP contribution >= 0.6 is 0 Å². The van der Waals surface area contributed by atoms with Gasteiger partial charge in [0.25, 0.3) is 0 Å². The number of fused-ring (bicyclic) bond motifs is 1. The van der Waals surface area contributed by atoms with E-state index in [4.69, 9.17) is 19.9 Å². The van der Waals surface area contributed by atoms with Crippen molar-refractivity contribution < 1.29 is 38.2 Å². The highest BCUT2D eigenvalue weighted by Gasteiger charge is 2.41. The summed E-state index contributed by atoms with van der Waals surface area (Å²) in [6, 6.07) is 18.2. The van der Waals surface area contributed by atoms with Crippen LogP contribution in [0.25, 0.3) is 11.0 Å². The standard InChI is InChI=1S/C49H62N6O9/c1-32(38(22-24-42(50)56)51-48(60)41-30-37-14-5-11-35-13-7-17-44(58)55(41)45(35)37)64-31-34-20-18-33(19-21-34)10-8-28-62-26-3-4-27-63-29-9-15-36-12-6-16-39-46(36)53(2)49(61)54(39)40-23-25-43(57)52-47(40)59/h5-6,11-12,14,16,18-21,32,38,40-41H,3-4,7-10,13,15,17,22-31H2,1-2H3,(H2,50,56)(H,51,60)(H,52,57,59)/t32-,38+,40?,41+/m1/s1. The number of carbonyl (C=O) groups excluding carboxylic acids is 5. The van der Waals surface area contributed by atoms with Crippen molar-refractivity contribution in [1.82, 2.24) is 19.8 Å². The van der Waals surface area contributed by atoms with E-state index in [1.807, 2.05) is 55.5 Å². The summed E-state index contributed by atoms with van der Waals surface area (Å²) in [6.07, 6.45) is 8.06. The minimum Gasteiger partial charge on any atom is -0.381 e. The zero-order valence-electron chi connectivity index (χ0n) is 37.1. The molecule has 0 bridgehead atoms. The molecule has 0 saturated carbocycles. The number of primary amides is 1. The van der Waals surface area contributed by atoms with Crippen molar-refractivity contribution in [3.05, 3.63) is 99.0 Å². The summed E-state index contributed by atoms with van der Waals surface area (Å²) in [5, 5.41) is 5.47. The van der Waals surface area contributed by atoms with E-state index < -0.39 is 36.0 Å². The highest BCUT2D eigenvalue weighted by atomic mass is 16.5. The predicted molar refractivity (Wildman–Crippen MR) is 242 cm³/mol. The fourth-order valence-corrected chi connectivity index (χ4v) is 9.29. The number of hydrogen-bond acceptors (Lipinski definition) is 9. The van der Waals surface area contributed by atoms with Crippen LogP contribution in [0.1, 0.15) is 105 Å². The molecule has 1 fully saturated rings. The van der Waals surface area contributed by atoms with Crippen molar-refractivity contribution in [3.8, 4) is 0 Å². The van der Waals surface area contributed by atoms with Crippen molar-refractivity contribution >= 4 is 46.3 Å². The quantitative estimate of drug-likeness (QED) is 0.0703. The molecule has 0 aliphatic carbocycles. The molecule has 64 heavy (non-hydrogen) atoms. The van der Waals surface area contributed by atoms with Crippen molar-refractivity contribution in [3.63, 3.8) is 0 Å². The van der Waals surface area contributed by atoms with Gasteiger partial charge in [0.15, 0.2) is 0 Å². The highest BCUT2D eigenvalue weighted by Crippen LogP contribution is 2.39. The van der Waals surface area contributed by atoms with Gasteiger partial charge in [-0.15, -0.1) is 0 Å². The number of nitrogens with zero attached hydrogens (tertiary/aromatic N) is 3. The summed E-state index contributed by atoms with van der Waals surface area (Å²) in [6.45, 7) is 4.80. The van der Waals surface area contributed by atoms with Gasteiger partial charge in [-0.2, -0.15) is 0 Å². The lowest BCUT2D eigenvalue weighted by Crippen LogP contribution is -2.53. The molecule has 5 amide bonds. The molecular weight excluding hydrogens is 817 g/mol. The number of ether oxygens (including phenoxy) is 3. The second kappa shape index (κ2) is 21.8. The van der Waals surface area contributed by atoms with E-state index in [0.29, 0.717) is 64.2 Å². The van der Waals surface area contributed by atoms with Gasteiger partial charge in [-0.3, -0.25) is 43.3 Å². The number of nitrogens with one attached hydrogen (secondary N) is 2. The first-order chi connectivity index (χ1) is 31.0. The fourth-order valence-electron chi connectivity index (χ4n) is 9.29. The number of benzene rings is 3. The Bertz CT molecular complexity index is 2370. The summed E-state index contributed by atoms with van der Waals surface area (Å²) in [7, 11) is 1.72. The van der Waals surface area contributed by atoms with E-state index in [-0.39, 0.29) is 36.3 Å². The monoisotopic (exact) mass is 878 g/mol. The normalized spacial score (nSPS) is 18.2. The number of aryl methyl sites for hydroxylation is 4. The van der Waals surface area contributed by atoms with Crippen molar-refractivity contribution in [2.24, 2.45) is 12.8 Å². The minimum atomic E-state index is -0.702. The van der Waals surface area contributed by atoms with Crippen LogP contribution in [0.5, 0.6) is 0 Å². The van der Waals surface area contributed by atoms with Crippen LogP contribution < -0.4 is 27.0 Å². The van der Waals surface area contributed by atoms with E-state index in [1.54, 1.807) is 16.5 Å². The van der Waals surface area contributed by atoms with Crippen LogP contribution in [0.3, 0.4) is 0 Å². The summed E-state index contributed by atoms with van der Waals surface area (Å²) < 4.78 is 21.1. The number of imidazole rings is 1. The van der Waals surface area contributed by atoms with Crippen LogP contribution in [0, 0.1) is 0 Å². The fraction of sp³-hybridized carbons (Fsp3) is 0.510. The number of piperidine rings is 1. The molecule has 3 aliphatic heterocycles. The van der Waals surface area contributed by atoms with Crippen LogP contribution in [-0.2, 0) is 77.5 Å². The number of hydrogen-bond donors (Lipinski definition) is 3. The van der Waals surface area contributed by atoms with Gasteiger partial charge >= 0.3 is 5.69 Å². The average Bonchev–Trinajstić information content (AvgIpc) is 3.74. The van der Waals surface area contributed by atoms with Gasteiger partial charge in [-0.05, 0) is 105 Å². The topological polar surface area (TPSA) is 193 Å². The van der Waals surface area contributed by atoms with Crippen LogP contribution in [0.4, 0.5) is 5.69 Å². The minimum absolute atomic E-state index is 0.0347. The molecule has 4 atom stereocenters. The Balaban J connectivity index is 0.764. The molecule has 342 valence electrons. The third-order valence-electron chi connectivity index (χ3n) is 12.7. The number of unbranched alkanes of at least 4 members (excludes halogenated alkanes) is 1. The number of rotatable bonds is 23. The zero-order valence-corrected chi connectivity index (χ0v) is 37.1. The highest BCUT2D eigenvalue weighted by molar-refractivity contribution is 6.05. The SMILES string of the molecule is C[C@@H](OCc1ccc(CCCOCCCCOCCCc2cccc3c2n(C)c(=O)n3C2CCC(=O)NC2=O)cc1)[C@H](CCC(N)=O)NC(=O)[C@@H]1Cc2cccc3c2N1C(=O)CCC3. The molecule has 3 aliphatic rings. The van der Waals surface area contributed by atoms with Gasteiger partial charge in [-0.1, -0.05) is 54.6 Å². The molecule has 0 spiro atoms. The van der Waals surface area contributed by atoms with Crippen LogP contribution in [-0.4, -0.2) is 83.3 Å². The maximum absolute atomic E-state index is 13.8. The Morgan fingerprint density at radius 3 is 2.27 bits per heavy atom. The summed E-state index contributed by atoms with van der Waals surface area (Å²) >= 11 is 0. The molecular formula is C49H62N6O9.